The maximum absolute atomic E-state index is 14.2. The average Bonchev–Trinajstić information content (AvgIpc) is 3.16. The molecule has 3 aromatic rings. The molecule has 2 fully saturated rings. The lowest BCUT2D eigenvalue weighted by atomic mass is 9.71. The molecule has 1 aliphatic carbocycles. The molecule has 2 aliphatic rings. The van der Waals surface area contributed by atoms with Gasteiger partial charge in [-0.15, -0.1) is 0 Å². The number of nitrogens with zero attached hydrogens (tertiary/aromatic N) is 2. The molecule has 5 rings (SSSR count). The molecule has 276 valence electrons. The van der Waals surface area contributed by atoms with Crippen molar-refractivity contribution in [1.82, 2.24) is 4.90 Å². The fraction of sp³-hybridized carbons (Fsp3) is 0.477. The van der Waals surface area contributed by atoms with E-state index in [9.17, 15) is 28.7 Å². The predicted molar refractivity (Wildman–Crippen MR) is 199 cm³/mol. The highest BCUT2D eigenvalue weighted by Gasteiger charge is 2.43. The van der Waals surface area contributed by atoms with Gasteiger partial charge in [-0.2, -0.15) is 5.26 Å². The van der Waals surface area contributed by atoms with Crippen molar-refractivity contribution in [3.63, 3.8) is 0 Å². The van der Waals surface area contributed by atoms with E-state index in [-0.39, 0.29) is 54.7 Å². The molecular weight excluding hydrogens is 658 g/mol. The van der Waals surface area contributed by atoms with Gasteiger partial charge in [0.2, 0.25) is 0 Å². The standard InChI is InChI=1S/C44H52F2N2O4/c1-32(42(50)52-31-35-10-5-3-6-11-35)20-23-48-24-21-34(22-25-48)26-36-12-9-13-37(27-36)29-44(51,39-14-7-4-8-15-39)41(49)19-17-33-16-18-38(30-47)40(28-33)43(2,45)46/h3,5-6,9-13,16,18,27-28,34,39,51H,1,4,7-8,14-15,17,19-26,29,31H2,2H3. The lowest BCUT2D eigenvalue weighted by Gasteiger charge is -2.38. The van der Waals surface area contributed by atoms with E-state index in [4.69, 9.17) is 4.74 Å². The minimum atomic E-state index is -3.17. The molecule has 8 heteroatoms. The van der Waals surface area contributed by atoms with Crippen LogP contribution in [0.2, 0.25) is 0 Å². The molecule has 52 heavy (non-hydrogen) atoms. The lowest BCUT2D eigenvalue weighted by Crippen LogP contribution is -2.48. The van der Waals surface area contributed by atoms with Crippen molar-refractivity contribution in [1.29, 1.82) is 5.26 Å². The third kappa shape index (κ3) is 10.7. The van der Waals surface area contributed by atoms with Crippen molar-refractivity contribution in [2.75, 3.05) is 19.6 Å². The van der Waals surface area contributed by atoms with Crippen LogP contribution < -0.4 is 0 Å². The number of ketones is 1. The lowest BCUT2D eigenvalue weighted by molar-refractivity contribution is -0.145. The number of hydrogen-bond donors (Lipinski definition) is 1. The van der Waals surface area contributed by atoms with Crippen molar-refractivity contribution in [2.45, 2.75) is 102 Å². The number of likely N-dealkylation sites (tertiary alicyclic amines) is 1. The van der Waals surface area contributed by atoms with Crippen molar-refractivity contribution in [3.8, 4) is 6.07 Å². The van der Waals surface area contributed by atoms with Gasteiger partial charge in [-0.3, -0.25) is 4.79 Å². The fourth-order valence-corrected chi connectivity index (χ4v) is 7.88. The average molecular weight is 711 g/mol. The van der Waals surface area contributed by atoms with Crippen molar-refractivity contribution in [2.24, 2.45) is 11.8 Å². The maximum Gasteiger partial charge on any atom is 0.333 e. The Kier molecular flexibility index (Phi) is 13.5. The van der Waals surface area contributed by atoms with E-state index < -0.39 is 11.5 Å². The molecule has 1 heterocycles. The second-order valence-electron chi connectivity index (χ2n) is 15.0. The summed E-state index contributed by atoms with van der Waals surface area (Å²) in [6, 6.07) is 24.0. The van der Waals surface area contributed by atoms with Crippen molar-refractivity contribution >= 4 is 11.8 Å². The number of Topliss-reactive ketones (excluding diaryl/α,β-unsaturated/α-hetero) is 1. The minimum absolute atomic E-state index is 0.0358. The van der Waals surface area contributed by atoms with Crippen LogP contribution in [0.3, 0.4) is 0 Å². The molecule has 0 amide bonds. The first-order valence-electron chi connectivity index (χ1n) is 18.8. The van der Waals surface area contributed by atoms with Gasteiger partial charge in [0.1, 0.15) is 12.2 Å². The molecule has 1 saturated carbocycles. The van der Waals surface area contributed by atoms with Crippen LogP contribution in [0.15, 0.2) is 84.9 Å². The summed E-state index contributed by atoms with van der Waals surface area (Å²) in [7, 11) is 0. The van der Waals surface area contributed by atoms with Crippen LogP contribution in [0.1, 0.15) is 98.1 Å². The molecule has 0 aromatic heterocycles. The van der Waals surface area contributed by atoms with E-state index in [0.29, 0.717) is 23.5 Å². The van der Waals surface area contributed by atoms with Gasteiger partial charge in [0.15, 0.2) is 5.78 Å². The van der Waals surface area contributed by atoms with E-state index in [2.05, 4.69) is 23.6 Å². The van der Waals surface area contributed by atoms with Crippen LogP contribution in [0, 0.1) is 23.2 Å². The molecule has 1 saturated heterocycles. The van der Waals surface area contributed by atoms with Crippen molar-refractivity contribution < 1.29 is 28.2 Å². The quantitative estimate of drug-likeness (QED) is 0.118. The van der Waals surface area contributed by atoms with Crippen LogP contribution in [0.4, 0.5) is 8.78 Å². The summed E-state index contributed by atoms with van der Waals surface area (Å²) in [6.45, 7) is 7.64. The van der Waals surface area contributed by atoms with Gasteiger partial charge in [-0.1, -0.05) is 86.5 Å². The highest BCUT2D eigenvalue weighted by Crippen LogP contribution is 2.37. The number of carbonyl (C=O) groups excluding carboxylic acids is 2. The molecule has 0 spiro atoms. The first-order chi connectivity index (χ1) is 24.9. The molecule has 0 bridgehead atoms. The van der Waals surface area contributed by atoms with Gasteiger partial charge in [0, 0.05) is 37.4 Å². The van der Waals surface area contributed by atoms with Gasteiger partial charge in [-0.05, 0) is 104 Å². The zero-order chi connectivity index (χ0) is 37.1. The normalized spacial score (nSPS) is 17.2. The number of carbonyl (C=O) groups is 2. The Labute approximate surface area is 307 Å². The Morgan fingerprint density at radius 1 is 0.904 bits per heavy atom. The number of ether oxygens (including phenoxy) is 1. The minimum Gasteiger partial charge on any atom is -0.457 e. The Morgan fingerprint density at radius 3 is 2.29 bits per heavy atom. The van der Waals surface area contributed by atoms with Crippen LogP contribution in [0.5, 0.6) is 0 Å². The summed E-state index contributed by atoms with van der Waals surface area (Å²) in [6.07, 6.45) is 8.65. The second-order valence-corrected chi connectivity index (χ2v) is 15.0. The molecule has 1 aliphatic heterocycles. The van der Waals surface area contributed by atoms with Crippen LogP contribution in [-0.2, 0) is 46.1 Å². The molecular formula is C44H52F2N2O4. The highest BCUT2D eigenvalue weighted by molar-refractivity contribution is 5.88. The van der Waals surface area contributed by atoms with Gasteiger partial charge in [0.25, 0.3) is 5.92 Å². The molecule has 1 unspecified atom stereocenters. The highest BCUT2D eigenvalue weighted by atomic mass is 19.3. The predicted octanol–water partition coefficient (Wildman–Crippen LogP) is 8.67. The summed E-state index contributed by atoms with van der Waals surface area (Å²) in [5.74, 6) is -3.41. The number of piperidine rings is 1. The molecule has 6 nitrogen and oxygen atoms in total. The van der Waals surface area contributed by atoms with Crippen LogP contribution in [-0.4, -0.2) is 47.0 Å². The molecule has 3 aromatic carbocycles. The van der Waals surface area contributed by atoms with Crippen molar-refractivity contribution in [3.05, 3.63) is 118 Å². The molecule has 1 atom stereocenters. The second kappa shape index (κ2) is 18.0. The molecule has 1 N–H and O–H groups in total. The molecule has 0 radical (unpaired) electrons. The SMILES string of the molecule is C=C(CCN1CCC(Cc2cccc(CC(O)(C(=O)CCc3ccc(C#N)c(C(C)(F)F)c3)C3CCCCC3)c2)CC1)C(=O)OCc1ccccc1. The van der Waals surface area contributed by atoms with E-state index in [1.54, 1.807) is 6.07 Å². The third-order valence-electron chi connectivity index (χ3n) is 11.0. The topological polar surface area (TPSA) is 90.6 Å². The number of benzene rings is 3. The van der Waals surface area contributed by atoms with Gasteiger partial charge in [0.05, 0.1) is 11.6 Å². The summed E-state index contributed by atoms with van der Waals surface area (Å²) in [5.41, 5.74) is 2.16. The van der Waals surface area contributed by atoms with E-state index >= 15 is 0 Å². The number of halogens is 2. The van der Waals surface area contributed by atoms with E-state index in [1.165, 1.54) is 17.7 Å². The zero-order valence-electron chi connectivity index (χ0n) is 30.4. The van der Waals surface area contributed by atoms with Gasteiger partial charge in [-0.25, -0.2) is 13.6 Å². The number of nitriles is 1. The van der Waals surface area contributed by atoms with Gasteiger partial charge >= 0.3 is 5.97 Å². The largest absolute Gasteiger partial charge is 0.457 e. The zero-order valence-corrected chi connectivity index (χ0v) is 30.4. The van der Waals surface area contributed by atoms with Crippen LogP contribution in [0.25, 0.3) is 0 Å². The maximum atomic E-state index is 14.2. The first kappa shape index (κ1) is 39.0. The number of aryl methyl sites for hydroxylation is 1. The number of rotatable bonds is 16. The Bertz CT molecular complexity index is 1720. The van der Waals surface area contributed by atoms with E-state index in [0.717, 1.165) is 89.1 Å². The van der Waals surface area contributed by atoms with Gasteiger partial charge < -0.3 is 14.7 Å². The fourth-order valence-electron chi connectivity index (χ4n) is 7.88. The summed E-state index contributed by atoms with van der Waals surface area (Å²) >= 11 is 0. The summed E-state index contributed by atoms with van der Waals surface area (Å²) in [4.78, 5) is 28.7. The Morgan fingerprint density at radius 2 is 1.60 bits per heavy atom. The first-order valence-corrected chi connectivity index (χ1v) is 18.8. The summed E-state index contributed by atoms with van der Waals surface area (Å²) in [5, 5.41) is 21.5. The number of aliphatic hydroxyl groups is 1. The number of hydrogen-bond acceptors (Lipinski definition) is 6. The number of esters is 1. The monoisotopic (exact) mass is 710 g/mol. The Hall–Kier alpha value is -4.19. The van der Waals surface area contributed by atoms with E-state index in [1.807, 2.05) is 48.5 Å². The smallest absolute Gasteiger partial charge is 0.333 e. The summed E-state index contributed by atoms with van der Waals surface area (Å²) < 4.78 is 33.9. The Balaban J connectivity index is 1.14. The third-order valence-corrected chi connectivity index (χ3v) is 11.0. The van der Waals surface area contributed by atoms with Crippen LogP contribution >= 0.6 is 0 Å². The number of alkyl halides is 2.